The predicted octanol–water partition coefficient (Wildman–Crippen LogP) is 3.99. The van der Waals surface area contributed by atoms with Crippen molar-refractivity contribution < 1.29 is 9.47 Å². The minimum atomic E-state index is -0.371. The summed E-state index contributed by atoms with van der Waals surface area (Å²) in [6, 6.07) is 0. The van der Waals surface area contributed by atoms with Gasteiger partial charge < -0.3 is 9.47 Å². The lowest BCUT2D eigenvalue weighted by atomic mass is 9.66. The summed E-state index contributed by atoms with van der Waals surface area (Å²) in [4.78, 5) is 0. The van der Waals surface area contributed by atoms with Gasteiger partial charge >= 0.3 is 0 Å². The van der Waals surface area contributed by atoms with E-state index in [2.05, 4.69) is 34.6 Å². The summed E-state index contributed by atoms with van der Waals surface area (Å²) in [6.07, 6.45) is 6.15. The van der Waals surface area contributed by atoms with Crippen LogP contribution in [0.2, 0.25) is 0 Å². The van der Waals surface area contributed by atoms with Gasteiger partial charge in [-0.3, -0.25) is 0 Å². The van der Waals surface area contributed by atoms with Gasteiger partial charge in [-0.15, -0.1) is 0 Å². The van der Waals surface area contributed by atoms with Gasteiger partial charge in [-0.05, 0) is 68.1 Å². The third-order valence-electron chi connectivity index (χ3n) is 7.22. The van der Waals surface area contributed by atoms with Crippen molar-refractivity contribution in [1.82, 2.24) is 0 Å². The maximum Gasteiger partial charge on any atom is 0.163 e. The number of hydrogen-bond acceptors (Lipinski definition) is 2. The zero-order chi connectivity index (χ0) is 13.6. The van der Waals surface area contributed by atoms with Crippen molar-refractivity contribution in [2.24, 2.45) is 28.6 Å². The van der Waals surface area contributed by atoms with Gasteiger partial charge in [-0.2, -0.15) is 0 Å². The zero-order valence-corrected chi connectivity index (χ0v) is 13.0. The van der Waals surface area contributed by atoms with E-state index < -0.39 is 0 Å². The van der Waals surface area contributed by atoms with Gasteiger partial charge in [0.25, 0.3) is 0 Å². The van der Waals surface area contributed by atoms with Gasteiger partial charge in [0.1, 0.15) is 0 Å². The van der Waals surface area contributed by atoms with Crippen molar-refractivity contribution >= 4 is 0 Å². The summed E-state index contributed by atoms with van der Waals surface area (Å²) in [5.41, 5.74) is 0.979. The van der Waals surface area contributed by atoms with Gasteiger partial charge in [0.05, 0.1) is 12.2 Å². The smallest absolute Gasteiger partial charge is 0.163 e. The predicted molar refractivity (Wildman–Crippen MR) is 74.7 cm³/mol. The molecular weight excluding hydrogens is 236 g/mol. The van der Waals surface area contributed by atoms with Crippen LogP contribution >= 0.6 is 0 Å². The lowest BCUT2D eigenvalue weighted by molar-refractivity contribution is -0.155. The maximum absolute atomic E-state index is 6.29. The van der Waals surface area contributed by atoms with Crippen LogP contribution in [-0.4, -0.2) is 18.0 Å². The summed E-state index contributed by atoms with van der Waals surface area (Å²) in [5.74, 6) is 2.08. The first kappa shape index (κ1) is 12.6. The van der Waals surface area contributed by atoms with Crippen LogP contribution in [0, 0.1) is 28.6 Å². The maximum atomic E-state index is 6.29. The van der Waals surface area contributed by atoms with Gasteiger partial charge in [-0.1, -0.05) is 20.8 Å². The highest BCUT2D eigenvalue weighted by molar-refractivity contribution is 5.17. The third kappa shape index (κ3) is 1.40. The Morgan fingerprint density at radius 2 is 1.68 bits per heavy atom. The first-order valence-electron chi connectivity index (χ1n) is 8.12. The van der Waals surface area contributed by atoms with Gasteiger partial charge in [-0.25, -0.2) is 0 Å². The molecule has 0 aromatic heterocycles. The van der Waals surface area contributed by atoms with Crippen molar-refractivity contribution in [3.8, 4) is 0 Å². The summed E-state index contributed by atoms with van der Waals surface area (Å²) in [5, 5.41) is 0. The topological polar surface area (TPSA) is 18.5 Å². The van der Waals surface area contributed by atoms with E-state index in [4.69, 9.17) is 9.47 Å². The first-order valence-corrected chi connectivity index (χ1v) is 8.12. The summed E-state index contributed by atoms with van der Waals surface area (Å²) in [7, 11) is 0. The van der Waals surface area contributed by atoms with Crippen LogP contribution in [0.25, 0.3) is 0 Å². The number of fused-ring (bicyclic) bond motifs is 3. The van der Waals surface area contributed by atoms with Crippen LogP contribution in [0.3, 0.4) is 0 Å². The fourth-order valence-corrected chi connectivity index (χ4v) is 6.43. The molecule has 0 N–H and O–H groups in total. The molecule has 6 atom stereocenters. The minimum Gasteiger partial charge on any atom is -0.345 e. The van der Waals surface area contributed by atoms with Crippen LogP contribution in [0.4, 0.5) is 0 Å². The van der Waals surface area contributed by atoms with Gasteiger partial charge in [0, 0.05) is 0 Å². The molecule has 19 heavy (non-hydrogen) atoms. The van der Waals surface area contributed by atoms with Crippen LogP contribution < -0.4 is 0 Å². The van der Waals surface area contributed by atoms with Crippen LogP contribution in [0.5, 0.6) is 0 Å². The Morgan fingerprint density at radius 3 is 2.42 bits per heavy atom. The van der Waals surface area contributed by atoms with Crippen LogP contribution in [0.15, 0.2) is 0 Å². The largest absolute Gasteiger partial charge is 0.345 e. The van der Waals surface area contributed by atoms with E-state index in [9.17, 15) is 0 Å². The van der Waals surface area contributed by atoms with Crippen LogP contribution in [-0.2, 0) is 9.47 Å². The normalized spacial score (nSPS) is 57.0. The monoisotopic (exact) mass is 264 g/mol. The highest BCUT2D eigenvalue weighted by Crippen LogP contribution is 2.72. The second-order valence-corrected chi connectivity index (χ2v) is 8.74. The standard InChI is InChI=1S/C17H28O2/c1-10-6-7-13-15(2,3)11-8-17(10,13)9-12-14(11)19-16(4,5)18-12/h10-14H,6-9H2,1-5H3/t10-,11-,12-,13+,14+,17-/m1/s1. The molecule has 1 spiro atoms. The first-order chi connectivity index (χ1) is 8.76. The van der Waals surface area contributed by atoms with Gasteiger partial charge in [0.2, 0.25) is 0 Å². The lowest BCUT2D eigenvalue weighted by Crippen LogP contribution is -2.42. The fraction of sp³-hybridized carbons (Fsp3) is 1.00. The molecule has 2 bridgehead atoms. The van der Waals surface area contributed by atoms with E-state index in [0.29, 0.717) is 29.0 Å². The Hall–Kier alpha value is -0.0800. The summed E-state index contributed by atoms with van der Waals surface area (Å²) >= 11 is 0. The average molecular weight is 264 g/mol. The van der Waals surface area contributed by atoms with Gasteiger partial charge in [0.15, 0.2) is 5.79 Å². The van der Waals surface area contributed by atoms with E-state index >= 15 is 0 Å². The molecule has 4 fully saturated rings. The Labute approximate surface area is 117 Å². The Kier molecular flexibility index (Phi) is 2.25. The van der Waals surface area contributed by atoms with E-state index in [1.807, 2.05) is 0 Å². The number of hydrogen-bond donors (Lipinski definition) is 0. The molecule has 0 aromatic rings. The summed E-state index contributed by atoms with van der Waals surface area (Å²) < 4.78 is 12.5. The zero-order valence-electron chi connectivity index (χ0n) is 13.0. The van der Waals surface area contributed by atoms with Crippen molar-refractivity contribution in [2.75, 3.05) is 0 Å². The Morgan fingerprint density at radius 1 is 0.947 bits per heavy atom. The molecular formula is C17H28O2. The number of rotatable bonds is 0. The summed E-state index contributed by atoms with van der Waals surface area (Å²) in [6.45, 7) is 11.6. The third-order valence-corrected chi connectivity index (χ3v) is 7.22. The SMILES string of the molecule is C[C@@H]1CC[C@H]2C(C)(C)[C@@H]3C[C@@]12C[C@H]1OC(C)(C)O[C@@H]31. The molecule has 2 nitrogen and oxygen atoms in total. The molecule has 3 saturated carbocycles. The van der Waals surface area contributed by atoms with E-state index in [-0.39, 0.29) is 5.79 Å². The second kappa shape index (κ2) is 3.39. The highest BCUT2D eigenvalue weighted by Gasteiger charge is 2.69. The minimum absolute atomic E-state index is 0.341. The van der Waals surface area contributed by atoms with E-state index in [0.717, 1.165) is 11.8 Å². The van der Waals surface area contributed by atoms with Crippen LogP contribution in [0.1, 0.15) is 60.3 Å². The van der Waals surface area contributed by atoms with Crippen molar-refractivity contribution in [3.05, 3.63) is 0 Å². The average Bonchev–Trinajstić information content (AvgIpc) is 2.81. The fourth-order valence-electron chi connectivity index (χ4n) is 6.43. The van der Waals surface area contributed by atoms with Crippen molar-refractivity contribution in [1.29, 1.82) is 0 Å². The van der Waals surface area contributed by atoms with Crippen molar-refractivity contribution in [3.63, 3.8) is 0 Å². The molecule has 4 aliphatic rings. The molecule has 4 rings (SSSR count). The molecule has 2 heteroatoms. The molecule has 0 aromatic carbocycles. The molecule has 1 heterocycles. The molecule has 3 aliphatic carbocycles. The molecule has 1 aliphatic heterocycles. The van der Waals surface area contributed by atoms with E-state index in [1.54, 1.807) is 0 Å². The molecule has 0 amide bonds. The lowest BCUT2D eigenvalue weighted by Gasteiger charge is -2.41. The number of ether oxygens (including phenoxy) is 2. The van der Waals surface area contributed by atoms with Crippen molar-refractivity contribution in [2.45, 2.75) is 78.3 Å². The molecule has 0 radical (unpaired) electrons. The Balaban J connectivity index is 1.77. The van der Waals surface area contributed by atoms with E-state index in [1.165, 1.54) is 25.7 Å². The highest BCUT2D eigenvalue weighted by atomic mass is 16.8. The quantitative estimate of drug-likeness (QED) is 0.658. The molecule has 108 valence electrons. The molecule has 1 saturated heterocycles. The second-order valence-electron chi connectivity index (χ2n) is 8.74. The Bertz CT molecular complexity index is 413. The molecule has 0 unspecified atom stereocenters.